The number of hydrogen-bond acceptors (Lipinski definition) is 7. The van der Waals surface area contributed by atoms with Gasteiger partial charge in [-0.2, -0.15) is 15.9 Å². The van der Waals surface area contributed by atoms with Crippen molar-refractivity contribution >= 4 is 28.5 Å². The molecule has 28 heavy (non-hydrogen) atoms. The first kappa shape index (κ1) is 17.2. The van der Waals surface area contributed by atoms with Crippen molar-refractivity contribution in [2.24, 2.45) is 0 Å². The Labute approximate surface area is 166 Å². The molecular weight excluding hydrogens is 372 g/mol. The molecule has 142 valence electrons. The van der Waals surface area contributed by atoms with Gasteiger partial charge in [0.1, 0.15) is 5.82 Å². The van der Waals surface area contributed by atoms with E-state index in [1.807, 2.05) is 29.0 Å². The van der Waals surface area contributed by atoms with Gasteiger partial charge in [0, 0.05) is 36.3 Å². The van der Waals surface area contributed by atoms with Crippen LogP contribution in [0.5, 0.6) is 0 Å². The highest BCUT2D eigenvalue weighted by molar-refractivity contribution is 7.08. The summed E-state index contributed by atoms with van der Waals surface area (Å²) in [5.41, 5.74) is 4.22. The third kappa shape index (κ3) is 3.44. The molecule has 4 aromatic rings. The standard InChI is InChI=1S/C20H20N6OS/c1-3-17(25-8-10-27-11-9-25)4-2-15(1)13-21-18-5-6-19-22-23-20(26(19)24-18)16-7-12-28-14-16/h1-7,12,14H,8-11,13H2,(H,21,24). The molecular formula is C20H20N6OS. The zero-order valence-electron chi connectivity index (χ0n) is 15.3. The maximum atomic E-state index is 5.42. The average Bonchev–Trinajstić information content (AvgIpc) is 3.42. The van der Waals surface area contributed by atoms with E-state index in [1.54, 1.807) is 15.9 Å². The molecule has 0 spiro atoms. The zero-order chi connectivity index (χ0) is 18.8. The Balaban J connectivity index is 1.30. The number of anilines is 2. The summed E-state index contributed by atoms with van der Waals surface area (Å²) < 4.78 is 7.20. The zero-order valence-corrected chi connectivity index (χ0v) is 16.1. The van der Waals surface area contributed by atoms with Crippen LogP contribution in [-0.4, -0.2) is 46.1 Å². The van der Waals surface area contributed by atoms with Crippen molar-refractivity contribution in [3.8, 4) is 11.4 Å². The molecule has 0 amide bonds. The van der Waals surface area contributed by atoms with Gasteiger partial charge in [-0.3, -0.25) is 0 Å². The summed E-state index contributed by atoms with van der Waals surface area (Å²) in [5.74, 6) is 1.55. The van der Waals surface area contributed by atoms with Gasteiger partial charge in [-0.1, -0.05) is 12.1 Å². The molecule has 0 atom stereocenters. The van der Waals surface area contributed by atoms with Gasteiger partial charge in [0.15, 0.2) is 11.5 Å². The summed E-state index contributed by atoms with van der Waals surface area (Å²) in [7, 11) is 0. The molecule has 0 unspecified atom stereocenters. The van der Waals surface area contributed by atoms with Crippen LogP contribution in [0.4, 0.5) is 11.5 Å². The predicted octanol–water partition coefficient (Wildman–Crippen LogP) is 3.30. The molecule has 0 aliphatic carbocycles. The summed E-state index contributed by atoms with van der Waals surface area (Å²) in [6.07, 6.45) is 0. The molecule has 1 aromatic carbocycles. The van der Waals surface area contributed by atoms with E-state index in [0.717, 1.165) is 49.2 Å². The largest absolute Gasteiger partial charge is 0.378 e. The van der Waals surface area contributed by atoms with Crippen molar-refractivity contribution in [2.45, 2.75) is 6.54 Å². The normalized spacial score (nSPS) is 14.5. The number of fused-ring (bicyclic) bond motifs is 1. The molecule has 7 nitrogen and oxygen atoms in total. The van der Waals surface area contributed by atoms with E-state index >= 15 is 0 Å². The fraction of sp³-hybridized carbons (Fsp3) is 0.250. The van der Waals surface area contributed by atoms with Crippen LogP contribution in [0, 0.1) is 0 Å². The molecule has 0 saturated carbocycles. The second-order valence-corrected chi connectivity index (χ2v) is 7.42. The smallest absolute Gasteiger partial charge is 0.186 e. The Morgan fingerprint density at radius 3 is 2.64 bits per heavy atom. The lowest BCUT2D eigenvalue weighted by atomic mass is 10.2. The number of nitrogens with zero attached hydrogens (tertiary/aromatic N) is 5. The average molecular weight is 392 g/mol. The van der Waals surface area contributed by atoms with Crippen LogP contribution in [0.15, 0.2) is 53.2 Å². The van der Waals surface area contributed by atoms with Crippen LogP contribution in [0.2, 0.25) is 0 Å². The molecule has 1 saturated heterocycles. The van der Waals surface area contributed by atoms with Gasteiger partial charge in [-0.05, 0) is 41.3 Å². The summed E-state index contributed by atoms with van der Waals surface area (Å²) >= 11 is 1.63. The van der Waals surface area contributed by atoms with Crippen molar-refractivity contribution in [1.29, 1.82) is 0 Å². The van der Waals surface area contributed by atoms with Crippen LogP contribution < -0.4 is 10.2 Å². The Bertz CT molecular complexity index is 1050. The summed E-state index contributed by atoms with van der Waals surface area (Å²) in [6, 6.07) is 14.6. The van der Waals surface area contributed by atoms with Crippen LogP contribution >= 0.6 is 11.3 Å². The lowest BCUT2D eigenvalue weighted by molar-refractivity contribution is 0.122. The van der Waals surface area contributed by atoms with E-state index in [2.05, 4.69) is 49.8 Å². The maximum Gasteiger partial charge on any atom is 0.186 e. The van der Waals surface area contributed by atoms with Crippen molar-refractivity contribution < 1.29 is 4.74 Å². The van der Waals surface area contributed by atoms with E-state index in [1.165, 1.54) is 11.3 Å². The monoisotopic (exact) mass is 392 g/mol. The Kier molecular flexibility index (Phi) is 4.64. The third-order valence-electron chi connectivity index (χ3n) is 4.83. The Hall–Kier alpha value is -2.97. The Morgan fingerprint density at radius 1 is 1.00 bits per heavy atom. The minimum absolute atomic E-state index is 0.706. The van der Waals surface area contributed by atoms with Gasteiger partial charge in [-0.15, -0.1) is 15.3 Å². The highest BCUT2D eigenvalue weighted by Crippen LogP contribution is 2.21. The van der Waals surface area contributed by atoms with Gasteiger partial charge < -0.3 is 15.0 Å². The number of morpholine rings is 1. The molecule has 1 N–H and O–H groups in total. The molecule has 3 aromatic heterocycles. The van der Waals surface area contributed by atoms with Crippen LogP contribution in [0.3, 0.4) is 0 Å². The van der Waals surface area contributed by atoms with E-state index in [4.69, 9.17) is 4.74 Å². The quantitative estimate of drug-likeness (QED) is 0.562. The van der Waals surface area contributed by atoms with E-state index in [-0.39, 0.29) is 0 Å². The highest BCUT2D eigenvalue weighted by Gasteiger charge is 2.12. The third-order valence-corrected chi connectivity index (χ3v) is 5.51. The van der Waals surface area contributed by atoms with Gasteiger partial charge in [0.2, 0.25) is 0 Å². The van der Waals surface area contributed by atoms with E-state index < -0.39 is 0 Å². The van der Waals surface area contributed by atoms with Crippen LogP contribution in [0.1, 0.15) is 5.56 Å². The van der Waals surface area contributed by atoms with Crippen molar-refractivity contribution in [2.75, 3.05) is 36.5 Å². The maximum absolute atomic E-state index is 5.42. The first-order valence-electron chi connectivity index (χ1n) is 9.27. The van der Waals surface area contributed by atoms with Gasteiger partial charge >= 0.3 is 0 Å². The lowest BCUT2D eigenvalue weighted by Gasteiger charge is -2.28. The molecule has 8 heteroatoms. The topological polar surface area (TPSA) is 67.6 Å². The van der Waals surface area contributed by atoms with Crippen molar-refractivity contribution in [1.82, 2.24) is 19.8 Å². The minimum Gasteiger partial charge on any atom is -0.378 e. The number of benzene rings is 1. The summed E-state index contributed by atoms with van der Waals surface area (Å²) in [4.78, 5) is 2.36. The summed E-state index contributed by atoms with van der Waals surface area (Å²) in [6.45, 7) is 4.21. The molecule has 1 fully saturated rings. The first-order valence-corrected chi connectivity index (χ1v) is 10.2. The number of thiophene rings is 1. The number of rotatable bonds is 5. The van der Waals surface area contributed by atoms with Gasteiger partial charge in [-0.25, -0.2) is 0 Å². The minimum atomic E-state index is 0.706. The van der Waals surface area contributed by atoms with Crippen molar-refractivity contribution in [3.05, 3.63) is 58.8 Å². The molecule has 4 heterocycles. The number of ether oxygens (including phenoxy) is 1. The predicted molar refractivity (Wildman–Crippen MR) is 111 cm³/mol. The summed E-state index contributed by atoms with van der Waals surface area (Å²) in [5, 5.41) is 20.6. The fourth-order valence-corrected chi connectivity index (χ4v) is 3.93. The first-order chi connectivity index (χ1) is 13.9. The van der Waals surface area contributed by atoms with Crippen LogP contribution in [-0.2, 0) is 11.3 Å². The molecule has 0 bridgehead atoms. The highest BCUT2D eigenvalue weighted by atomic mass is 32.1. The number of hydrogen-bond donors (Lipinski definition) is 1. The second-order valence-electron chi connectivity index (χ2n) is 6.64. The van der Waals surface area contributed by atoms with Crippen LogP contribution in [0.25, 0.3) is 17.0 Å². The number of nitrogens with one attached hydrogen (secondary N) is 1. The van der Waals surface area contributed by atoms with Gasteiger partial charge in [0.25, 0.3) is 0 Å². The molecule has 1 aliphatic rings. The molecule has 5 rings (SSSR count). The van der Waals surface area contributed by atoms with Gasteiger partial charge in [0.05, 0.1) is 13.2 Å². The van der Waals surface area contributed by atoms with Crippen molar-refractivity contribution in [3.63, 3.8) is 0 Å². The molecule has 1 aliphatic heterocycles. The fourth-order valence-electron chi connectivity index (χ4n) is 3.29. The SMILES string of the molecule is c1cc(-c2nnc3ccc(NCc4ccc(N5CCOCC5)cc4)nn23)cs1. The molecule has 0 radical (unpaired) electrons. The lowest BCUT2D eigenvalue weighted by Crippen LogP contribution is -2.36. The van der Waals surface area contributed by atoms with E-state index in [9.17, 15) is 0 Å². The second kappa shape index (κ2) is 7.57. The number of aromatic nitrogens is 4. The Morgan fingerprint density at radius 2 is 1.86 bits per heavy atom. The van der Waals surface area contributed by atoms with E-state index in [0.29, 0.717) is 6.54 Å².